The SMILES string of the molecule is CCOCCCn1c(=N)c(C(=O)OCC)cc2c(=O)n3cc(C)ccc3nc21. The average Bonchev–Trinajstić information content (AvgIpc) is 2.67. The molecule has 0 aromatic carbocycles. The molecule has 28 heavy (non-hydrogen) atoms. The quantitative estimate of drug-likeness (QED) is 0.382. The van der Waals surface area contributed by atoms with E-state index >= 15 is 0 Å². The number of aromatic nitrogens is 3. The van der Waals surface area contributed by atoms with E-state index in [-0.39, 0.29) is 28.6 Å². The van der Waals surface area contributed by atoms with Crippen LogP contribution in [0.4, 0.5) is 0 Å². The van der Waals surface area contributed by atoms with Crippen LogP contribution in [0, 0.1) is 12.3 Å². The summed E-state index contributed by atoms with van der Waals surface area (Å²) in [6.07, 6.45) is 2.34. The molecule has 0 radical (unpaired) electrons. The number of hydrogen-bond donors (Lipinski definition) is 1. The number of pyridine rings is 2. The highest BCUT2D eigenvalue weighted by Crippen LogP contribution is 2.12. The maximum absolute atomic E-state index is 13.1. The number of carbonyl (C=O) groups is 1. The van der Waals surface area contributed by atoms with E-state index in [1.165, 1.54) is 10.5 Å². The van der Waals surface area contributed by atoms with Gasteiger partial charge < -0.3 is 14.0 Å². The van der Waals surface area contributed by atoms with Crippen LogP contribution in [-0.4, -0.2) is 39.7 Å². The van der Waals surface area contributed by atoms with Crippen LogP contribution in [0.25, 0.3) is 16.7 Å². The van der Waals surface area contributed by atoms with Crippen LogP contribution >= 0.6 is 0 Å². The first-order valence-corrected chi connectivity index (χ1v) is 9.34. The van der Waals surface area contributed by atoms with E-state index in [0.717, 1.165) is 5.56 Å². The second-order valence-electron chi connectivity index (χ2n) is 6.42. The number of fused-ring (bicyclic) bond motifs is 2. The average molecular weight is 384 g/mol. The summed E-state index contributed by atoms with van der Waals surface area (Å²) in [7, 11) is 0. The number of nitrogens with one attached hydrogen (secondary N) is 1. The van der Waals surface area contributed by atoms with Crippen LogP contribution in [0.1, 0.15) is 36.2 Å². The van der Waals surface area contributed by atoms with E-state index < -0.39 is 5.97 Å². The van der Waals surface area contributed by atoms with Crippen molar-refractivity contribution in [2.75, 3.05) is 19.8 Å². The summed E-state index contributed by atoms with van der Waals surface area (Å²) in [6, 6.07) is 5.06. The van der Waals surface area contributed by atoms with Gasteiger partial charge in [0.1, 0.15) is 22.3 Å². The van der Waals surface area contributed by atoms with Crippen LogP contribution in [0.15, 0.2) is 29.2 Å². The smallest absolute Gasteiger partial charge is 0.341 e. The summed E-state index contributed by atoms with van der Waals surface area (Å²) >= 11 is 0. The molecule has 1 N–H and O–H groups in total. The highest BCUT2D eigenvalue weighted by atomic mass is 16.5. The Balaban J connectivity index is 2.28. The Morgan fingerprint density at radius 1 is 1.25 bits per heavy atom. The molecular formula is C20H24N4O4. The van der Waals surface area contributed by atoms with Gasteiger partial charge in [-0.2, -0.15) is 0 Å². The predicted octanol–water partition coefficient (Wildman–Crippen LogP) is 2.04. The monoisotopic (exact) mass is 384 g/mol. The Labute approximate surface area is 161 Å². The van der Waals surface area contributed by atoms with Crippen molar-refractivity contribution >= 4 is 22.6 Å². The van der Waals surface area contributed by atoms with Gasteiger partial charge in [0.15, 0.2) is 0 Å². The molecule has 148 valence electrons. The second kappa shape index (κ2) is 8.35. The van der Waals surface area contributed by atoms with Gasteiger partial charge in [0, 0.05) is 26.0 Å². The van der Waals surface area contributed by atoms with E-state index in [9.17, 15) is 9.59 Å². The molecule has 3 aromatic rings. The third-order valence-electron chi connectivity index (χ3n) is 4.42. The molecular weight excluding hydrogens is 360 g/mol. The fourth-order valence-electron chi connectivity index (χ4n) is 3.09. The second-order valence-corrected chi connectivity index (χ2v) is 6.42. The standard InChI is InChI=1S/C20H24N4O4/c1-4-27-10-6-9-23-17(21)14(20(26)28-5-2)11-15-18(23)22-16-8-7-13(3)12-24(16)19(15)25/h7-8,11-12,21H,4-6,9-10H2,1-3H3. The van der Waals surface area contributed by atoms with Crippen molar-refractivity contribution in [3.05, 3.63) is 51.4 Å². The van der Waals surface area contributed by atoms with Crippen molar-refractivity contribution in [2.24, 2.45) is 0 Å². The van der Waals surface area contributed by atoms with E-state index in [0.29, 0.717) is 37.5 Å². The highest BCUT2D eigenvalue weighted by molar-refractivity contribution is 5.93. The van der Waals surface area contributed by atoms with Gasteiger partial charge in [-0.3, -0.25) is 14.6 Å². The minimum Gasteiger partial charge on any atom is -0.462 e. The lowest BCUT2D eigenvalue weighted by atomic mass is 10.2. The van der Waals surface area contributed by atoms with Crippen LogP contribution in [-0.2, 0) is 16.0 Å². The minimum absolute atomic E-state index is 0.0224. The highest BCUT2D eigenvalue weighted by Gasteiger charge is 2.18. The van der Waals surface area contributed by atoms with Crippen LogP contribution < -0.4 is 11.0 Å². The molecule has 3 aromatic heterocycles. The third-order valence-corrected chi connectivity index (χ3v) is 4.42. The minimum atomic E-state index is -0.623. The van der Waals surface area contributed by atoms with Crippen molar-refractivity contribution in [3.63, 3.8) is 0 Å². The Morgan fingerprint density at radius 2 is 2.04 bits per heavy atom. The Morgan fingerprint density at radius 3 is 2.75 bits per heavy atom. The number of hydrogen-bond acceptors (Lipinski definition) is 6. The summed E-state index contributed by atoms with van der Waals surface area (Å²) in [5.74, 6) is -0.623. The molecule has 0 saturated heterocycles. The van der Waals surface area contributed by atoms with Crippen molar-refractivity contribution in [3.8, 4) is 0 Å². The van der Waals surface area contributed by atoms with E-state index in [2.05, 4.69) is 4.98 Å². The van der Waals surface area contributed by atoms with E-state index in [1.807, 2.05) is 19.9 Å². The molecule has 3 heterocycles. The summed E-state index contributed by atoms with van der Waals surface area (Å²) in [6.45, 7) is 7.21. The van der Waals surface area contributed by atoms with Crippen molar-refractivity contribution in [1.82, 2.24) is 14.0 Å². The lowest BCUT2D eigenvalue weighted by molar-refractivity contribution is 0.0523. The molecule has 0 spiro atoms. The number of esters is 1. The molecule has 8 nitrogen and oxygen atoms in total. The molecule has 0 aliphatic carbocycles. The molecule has 0 aliphatic rings. The van der Waals surface area contributed by atoms with Crippen LogP contribution in [0.5, 0.6) is 0 Å². The van der Waals surface area contributed by atoms with Crippen LogP contribution in [0.2, 0.25) is 0 Å². The topological polar surface area (TPSA) is 98.7 Å². The Kier molecular flexibility index (Phi) is 5.89. The molecule has 0 aliphatic heterocycles. The fraction of sp³-hybridized carbons (Fsp3) is 0.400. The first-order chi connectivity index (χ1) is 13.5. The first-order valence-electron chi connectivity index (χ1n) is 9.34. The van der Waals surface area contributed by atoms with Crippen molar-refractivity contribution in [1.29, 1.82) is 5.41 Å². The van der Waals surface area contributed by atoms with Crippen LogP contribution in [0.3, 0.4) is 0 Å². The number of carbonyl (C=O) groups excluding carboxylic acids is 1. The molecule has 0 saturated carbocycles. The first kappa shape index (κ1) is 19.8. The van der Waals surface area contributed by atoms with E-state index in [1.54, 1.807) is 23.8 Å². The van der Waals surface area contributed by atoms with Gasteiger partial charge in [-0.1, -0.05) is 6.07 Å². The number of ether oxygens (including phenoxy) is 2. The van der Waals surface area contributed by atoms with Gasteiger partial charge >= 0.3 is 5.97 Å². The Hall–Kier alpha value is -3.00. The number of nitrogens with zero attached hydrogens (tertiary/aromatic N) is 3. The van der Waals surface area contributed by atoms with Gasteiger partial charge in [0.05, 0.1) is 12.0 Å². The lowest BCUT2D eigenvalue weighted by Crippen LogP contribution is -2.31. The zero-order valence-corrected chi connectivity index (χ0v) is 16.3. The van der Waals surface area contributed by atoms with E-state index in [4.69, 9.17) is 14.9 Å². The van der Waals surface area contributed by atoms with Gasteiger partial charge in [-0.15, -0.1) is 0 Å². The molecule has 8 heteroatoms. The fourth-order valence-corrected chi connectivity index (χ4v) is 3.09. The van der Waals surface area contributed by atoms with Gasteiger partial charge in [-0.05, 0) is 44.9 Å². The van der Waals surface area contributed by atoms with Crippen molar-refractivity contribution in [2.45, 2.75) is 33.7 Å². The maximum atomic E-state index is 13.1. The summed E-state index contributed by atoms with van der Waals surface area (Å²) in [5, 5.41) is 8.78. The molecule has 0 bridgehead atoms. The summed E-state index contributed by atoms with van der Waals surface area (Å²) < 4.78 is 13.5. The summed E-state index contributed by atoms with van der Waals surface area (Å²) in [5.41, 5.74) is 1.53. The molecule has 0 fully saturated rings. The maximum Gasteiger partial charge on any atom is 0.341 e. The Bertz CT molecular complexity index is 1150. The van der Waals surface area contributed by atoms with Gasteiger partial charge in [-0.25, -0.2) is 9.78 Å². The predicted molar refractivity (Wildman–Crippen MR) is 105 cm³/mol. The number of rotatable bonds is 7. The molecule has 0 unspecified atom stereocenters. The zero-order valence-electron chi connectivity index (χ0n) is 16.3. The lowest BCUT2D eigenvalue weighted by Gasteiger charge is -2.14. The molecule has 0 atom stereocenters. The molecule has 3 rings (SSSR count). The normalized spacial score (nSPS) is 11.2. The number of aryl methyl sites for hydroxylation is 2. The van der Waals surface area contributed by atoms with Gasteiger partial charge in [0.25, 0.3) is 5.56 Å². The van der Waals surface area contributed by atoms with Crippen molar-refractivity contribution < 1.29 is 14.3 Å². The molecule has 0 amide bonds. The third kappa shape index (κ3) is 3.68. The largest absolute Gasteiger partial charge is 0.462 e. The van der Waals surface area contributed by atoms with Gasteiger partial charge in [0.2, 0.25) is 0 Å². The zero-order chi connectivity index (χ0) is 20.3. The summed E-state index contributed by atoms with van der Waals surface area (Å²) in [4.78, 5) is 30.0.